The Hall–Kier alpha value is -0.870. The SMILES string of the molecule is CCN(C(=O)c1cc(C)cc(Br)c1)C1CCCCC1CN. The molecule has 1 aromatic carbocycles. The van der Waals surface area contributed by atoms with Crippen LogP contribution in [-0.2, 0) is 0 Å². The van der Waals surface area contributed by atoms with E-state index in [2.05, 4.69) is 22.9 Å². The van der Waals surface area contributed by atoms with Crippen LogP contribution in [0.5, 0.6) is 0 Å². The normalized spacial score (nSPS) is 22.1. The Morgan fingerprint density at radius 1 is 1.33 bits per heavy atom. The molecule has 0 radical (unpaired) electrons. The third-order valence-electron chi connectivity index (χ3n) is 4.46. The lowest BCUT2D eigenvalue weighted by Gasteiger charge is -2.39. The highest BCUT2D eigenvalue weighted by Crippen LogP contribution is 2.29. The van der Waals surface area contributed by atoms with Crippen LogP contribution in [0.1, 0.15) is 48.5 Å². The lowest BCUT2D eigenvalue weighted by molar-refractivity contribution is 0.0560. The standard InChI is InChI=1S/C17H25BrN2O/c1-3-20(16-7-5-4-6-13(16)11-19)17(21)14-8-12(2)9-15(18)10-14/h8-10,13,16H,3-7,11,19H2,1-2H3. The van der Waals surface area contributed by atoms with E-state index in [-0.39, 0.29) is 5.91 Å². The number of rotatable bonds is 4. The van der Waals surface area contributed by atoms with Gasteiger partial charge in [-0.05, 0) is 62.9 Å². The van der Waals surface area contributed by atoms with E-state index in [0.29, 0.717) is 18.5 Å². The van der Waals surface area contributed by atoms with E-state index in [4.69, 9.17) is 5.73 Å². The molecule has 0 heterocycles. The number of amides is 1. The Morgan fingerprint density at radius 3 is 2.67 bits per heavy atom. The second-order valence-corrected chi connectivity index (χ2v) is 6.87. The van der Waals surface area contributed by atoms with Crippen LogP contribution in [-0.4, -0.2) is 29.9 Å². The van der Waals surface area contributed by atoms with Gasteiger partial charge in [-0.1, -0.05) is 28.8 Å². The van der Waals surface area contributed by atoms with Gasteiger partial charge in [0, 0.05) is 22.6 Å². The van der Waals surface area contributed by atoms with Crippen LogP contribution in [0.3, 0.4) is 0 Å². The second kappa shape index (κ2) is 7.41. The zero-order chi connectivity index (χ0) is 15.4. The molecule has 1 aliphatic rings. The summed E-state index contributed by atoms with van der Waals surface area (Å²) in [6.07, 6.45) is 4.65. The van der Waals surface area contributed by atoms with Crippen molar-refractivity contribution in [3.05, 3.63) is 33.8 Å². The highest BCUT2D eigenvalue weighted by Gasteiger charge is 2.31. The number of nitrogens with zero attached hydrogens (tertiary/aromatic N) is 1. The van der Waals surface area contributed by atoms with Crippen LogP contribution in [0.2, 0.25) is 0 Å². The van der Waals surface area contributed by atoms with Gasteiger partial charge in [-0.2, -0.15) is 0 Å². The third-order valence-corrected chi connectivity index (χ3v) is 4.92. The summed E-state index contributed by atoms with van der Waals surface area (Å²) in [5.41, 5.74) is 7.80. The van der Waals surface area contributed by atoms with Gasteiger partial charge in [0.2, 0.25) is 0 Å². The molecule has 3 nitrogen and oxygen atoms in total. The minimum atomic E-state index is 0.132. The fourth-order valence-electron chi connectivity index (χ4n) is 3.43. The zero-order valence-electron chi connectivity index (χ0n) is 12.9. The van der Waals surface area contributed by atoms with Crippen LogP contribution in [0.4, 0.5) is 0 Å². The Bertz CT molecular complexity index is 483. The summed E-state index contributed by atoms with van der Waals surface area (Å²) in [5.74, 6) is 0.572. The largest absolute Gasteiger partial charge is 0.336 e. The van der Waals surface area contributed by atoms with Gasteiger partial charge in [-0.3, -0.25) is 4.79 Å². The van der Waals surface area contributed by atoms with Gasteiger partial charge in [-0.15, -0.1) is 0 Å². The van der Waals surface area contributed by atoms with E-state index in [1.54, 1.807) is 0 Å². The number of hydrogen-bond donors (Lipinski definition) is 1. The maximum atomic E-state index is 12.9. The summed E-state index contributed by atoms with van der Waals surface area (Å²) < 4.78 is 0.959. The number of hydrogen-bond acceptors (Lipinski definition) is 2. The fourth-order valence-corrected chi connectivity index (χ4v) is 4.04. The Labute approximate surface area is 136 Å². The molecule has 1 amide bonds. The summed E-state index contributed by atoms with van der Waals surface area (Å²) in [7, 11) is 0. The molecule has 0 aliphatic heterocycles. The third kappa shape index (κ3) is 3.86. The highest BCUT2D eigenvalue weighted by molar-refractivity contribution is 9.10. The maximum Gasteiger partial charge on any atom is 0.254 e. The first-order chi connectivity index (χ1) is 10.1. The van der Waals surface area contributed by atoms with Crippen LogP contribution in [0.15, 0.2) is 22.7 Å². The first-order valence-electron chi connectivity index (χ1n) is 7.85. The van der Waals surface area contributed by atoms with Crippen LogP contribution in [0.25, 0.3) is 0 Å². The minimum absolute atomic E-state index is 0.132. The van der Waals surface area contributed by atoms with Crippen molar-refractivity contribution in [3.63, 3.8) is 0 Å². The number of benzene rings is 1. The van der Waals surface area contributed by atoms with Crippen molar-refractivity contribution in [2.24, 2.45) is 11.7 Å². The van der Waals surface area contributed by atoms with Crippen LogP contribution in [0, 0.1) is 12.8 Å². The topological polar surface area (TPSA) is 46.3 Å². The Kier molecular flexibility index (Phi) is 5.82. The molecule has 2 unspecified atom stereocenters. The molecule has 1 aromatic rings. The average molecular weight is 353 g/mol. The summed E-state index contributed by atoms with van der Waals surface area (Å²) in [4.78, 5) is 14.9. The first-order valence-corrected chi connectivity index (χ1v) is 8.64. The van der Waals surface area contributed by atoms with Crippen molar-refractivity contribution in [1.29, 1.82) is 0 Å². The van der Waals surface area contributed by atoms with Crippen molar-refractivity contribution < 1.29 is 4.79 Å². The molecular formula is C17H25BrN2O. The predicted octanol–water partition coefficient (Wildman–Crippen LogP) is 3.74. The van der Waals surface area contributed by atoms with E-state index in [1.165, 1.54) is 12.8 Å². The number of nitrogens with two attached hydrogens (primary N) is 1. The van der Waals surface area contributed by atoms with Crippen molar-refractivity contribution in [2.75, 3.05) is 13.1 Å². The predicted molar refractivity (Wildman–Crippen MR) is 90.4 cm³/mol. The molecule has 0 aromatic heterocycles. The quantitative estimate of drug-likeness (QED) is 0.896. The molecule has 4 heteroatoms. The molecule has 1 aliphatic carbocycles. The summed E-state index contributed by atoms with van der Waals surface area (Å²) >= 11 is 3.48. The average Bonchev–Trinajstić information content (AvgIpc) is 2.47. The molecule has 1 fully saturated rings. The molecule has 2 N–H and O–H groups in total. The van der Waals surface area contributed by atoms with E-state index in [0.717, 1.165) is 35.0 Å². The molecule has 2 atom stereocenters. The monoisotopic (exact) mass is 352 g/mol. The molecule has 116 valence electrons. The Morgan fingerprint density at radius 2 is 2.05 bits per heavy atom. The van der Waals surface area contributed by atoms with Crippen molar-refractivity contribution in [3.8, 4) is 0 Å². The van der Waals surface area contributed by atoms with Gasteiger partial charge in [0.1, 0.15) is 0 Å². The number of halogens is 1. The van der Waals surface area contributed by atoms with Gasteiger partial charge >= 0.3 is 0 Å². The van der Waals surface area contributed by atoms with E-state index >= 15 is 0 Å². The van der Waals surface area contributed by atoms with Gasteiger partial charge in [-0.25, -0.2) is 0 Å². The molecule has 2 rings (SSSR count). The highest BCUT2D eigenvalue weighted by atomic mass is 79.9. The van der Waals surface area contributed by atoms with Crippen molar-refractivity contribution in [1.82, 2.24) is 4.90 Å². The number of aryl methyl sites for hydroxylation is 1. The lowest BCUT2D eigenvalue weighted by atomic mass is 9.83. The minimum Gasteiger partial charge on any atom is -0.336 e. The smallest absolute Gasteiger partial charge is 0.254 e. The van der Waals surface area contributed by atoms with Gasteiger partial charge in [0.25, 0.3) is 5.91 Å². The van der Waals surface area contributed by atoms with Crippen LogP contribution < -0.4 is 5.73 Å². The van der Waals surface area contributed by atoms with E-state index < -0.39 is 0 Å². The zero-order valence-corrected chi connectivity index (χ0v) is 14.5. The van der Waals surface area contributed by atoms with E-state index in [9.17, 15) is 4.79 Å². The second-order valence-electron chi connectivity index (χ2n) is 5.96. The fraction of sp³-hybridized carbons (Fsp3) is 0.588. The maximum absolute atomic E-state index is 12.9. The lowest BCUT2D eigenvalue weighted by Crippen LogP contribution is -2.48. The van der Waals surface area contributed by atoms with E-state index in [1.807, 2.05) is 30.0 Å². The number of carbonyl (C=O) groups excluding carboxylic acids is 1. The molecule has 1 saturated carbocycles. The molecule has 21 heavy (non-hydrogen) atoms. The van der Waals surface area contributed by atoms with Gasteiger partial charge in [0.05, 0.1) is 0 Å². The summed E-state index contributed by atoms with van der Waals surface area (Å²) in [6, 6.07) is 6.20. The summed E-state index contributed by atoms with van der Waals surface area (Å²) in [6.45, 7) is 5.49. The molecule has 0 bridgehead atoms. The number of carbonyl (C=O) groups is 1. The van der Waals surface area contributed by atoms with Crippen LogP contribution >= 0.6 is 15.9 Å². The van der Waals surface area contributed by atoms with Gasteiger partial charge < -0.3 is 10.6 Å². The Balaban J connectivity index is 2.25. The van der Waals surface area contributed by atoms with Crippen molar-refractivity contribution in [2.45, 2.75) is 45.6 Å². The molecule has 0 saturated heterocycles. The van der Waals surface area contributed by atoms with Gasteiger partial charge in [0.15, 0.2) is 0 Å². The first kappa shape index (κ1) is 16.5. The molecule has 0 spiro atoms. The molecular weight excluding hydrogens is 328 g/mol. The van der Waals surface area contributed by atoms with Crippen molar-refractivity contribution >= 4 is 21.8 Å². The summed E-state index contributed by atoms with van der Waals surface area (Å²) in [5, 5.41) is 0.